The van der Waals surface area contributed by atoms with E-state index in [1.165, 1.54) is 5.56 Å². The quantitative estimate of drug-likeness (QED) is 0.608. The van der Waals surface area contributed by atoms with Gasteiger partial charge in [0.1, 0.15) is 0 Å². The summed E-state index contributed by atoms with van der Waals surface area (Å²) in [6.45, 7) is 8.89. The molecule has 0 aromatic carbocycles. The highest BCUT2D eigenvalue weighted by molar-refractivity contribution is 5.61. The zero-order valence-electron chi connectivity index (χ0n) is 18.9. The second kappa shape index (κ2) is 9.34. The normalized spacial score (nSPS) is 20.6. The van der Waals surface area contributed by atoms with E-state index < -0.39 is 0 Å². The molecular weight excluding hydrogens is 402 g/mol. The number of hydrogen-bond donors (Lipinski definition) is 0. The van der Waals surface area contributed by atoms with Crippen molar-refractivity contribution in [2.45, 2.75) is 32.2 Å². The van der Waals surface area contributed by atoms with Gasteiger partial charge in [-0.15, -0.1) is 0 Å². The minimum Gasteiger partial charge on any atom is -0.356 e. The highest BCUT2D eigenvalue weighted by Gasteiger charge is 2.28. The molecule has 5 heterocycles. The van der Waals surface area contributed by atoms with E-state index in [1.54, 1.807) is 0 Å². The summed E-state index contributed by atoms with van der Waals surface area (Å²) in [7, 11) is 2.16. The molecule has 0 bridgehead atoms. The first-order chi connectivity index (χ1) is 15.7. The van der Waals surface area contributed by atoms with Crippen molar-refractivity contribution in [1.82, 2.24) is 29.9 Å². The van der Waals surface area contributed by atoms with Crippen LogP contribution >= 0.6 is 0 Å². The molecule has 2 saturated heterocycles. The lowest BCUT2D eigenvalue weighted by Crippen LogP contribution is -2.45. The van der Waals surface area contributed by atoms with E-state index in [2.05, 4.69) is 38.0 Å². The summed E-state index contributed by atoms with van der Waals surface area (Å²) < 4.78 is 5.63. The Bertz CT molecular complexity index is 1030. The van der Waals surface area contributed by atoms with Gasteiger partial charge in [0.15, 0.2) is 5.76 Å². The van der Waals surface area contributed by atoms with Gasteiger partial charge in [-0.05, 0) is 45.0 Å². The summed E-state index contributed by atoms with van der Waals surface area (Å²) >= 11 is 0. The van der Waals surface area contributed by atoms with Crippen molar-refractivity contribution < 1.29 is 4.52 Å². The number of hydrogen-bond acceptors (Lipinski definition) is 8. The molecule has 5 rings (SSSR count). The van der Waals surface area contributed by atoms with Crippen LogP contribution in [0.25, 0.3) is 11.3 Å². The Balaban J connectivity index is 1.43. The molecule has 8 heteroatoms. The second-order valence-corrected chi connectivity index (χ2v) is 9.03. The number of piperidine rings is 1. The Morgan fingerprint density at radius 3 is 2.75 bits per heavy atom. The van der Waals surface area contributed by atoms with Gasteiger partial charge in [0, 0.05) is 69.8 Å². The van der Waals surface area contributed by atoms with Crippen LogP contribution < -0.4 is 4.90 Å². The third-order valence-corrected chi connectivity index (χ3v) is 6.51. The smallest absolute Gasteiger partial charge is 0.225 e. The molecule has 0 radical (unpaired) electrons. The van der Waals surface area contributed by atoms with Gasteiger partial charge in [-0.2, -0.15) is 0 Å². The predicted octanol–water partition coefficient (Wildman–Crippen LogP) is 2.97. The SMILES string of the molecule is Cc1cc(-c2cnc(N3CCN(C)CC3)nc2C2CCCN(Cc3cccnc3)C2)on1. The van der Waals surface area contributed by atoms with Crippen LogP contribution in [0.15, 0.2) is 41.3 Å². The van der Waals surface area contributed by atoms with Crippen molar-refractivity contribution in [1.29, 1.82) is 0 Å². The first-order valence-corrected chi connectivity index (χ1v) is 11.5. The number of nitrogens with zero attached hydrogens (tertiary/aromatic N) is 7. The molecule has 168 valence electrons. The number of likely N-dealkylation sites (tertiary alicyclic amines) is 1. The van der Waals surface area contributed by atoms with Crippen molar-refractivity contribution >= 4 is 5.95 Å². The van der Waals surface area contributed by atoms with Crippen LogP contribution in [0.5, 0.6) is 0 Å². The van der Waals surface area contributed by atoms with Crippen LogP contribution in [0.1, 0.15) is 35.7 Å². The largest absolute Gasteiger partial charge is 0.356 e. The van der Waals surface area contributed by atoms with E-state index in [0.717, 1.165) is 87.3 Å². The van der Waals surface area contributed by atoms with E-state index in [9.17, 15) is 0 Å². The zero-order valence-corrected chi connectivity index (χ0v) is 18.9. The van der Waals surface area contributed by atoms with Crippen LogP contribution in [0, 0.1) is 6.92 Å². The van der Waals surface area contributed by atoms with Gasteiger partial charge in [0.25, 0.3) is 0 Å². The summed E-state index contributed by atoms with van der Waals surface area (Å²) in [4.78, 5) is 21.3. The average Bonchev–Trinajstić information content (AvgIpc) is 3.26. The molecule has 3 aromatic heterocycles. The van der Waals surface area contributed by atoms with Gasteiger partial charge in [-0.3, -0.25) is 9.88 Å². The minimum atomic E-state index is 0.329. The van der Waals surface area contributed by atoms with Crippen LogP contribution in [0.2, 0.25) is 0 Å². The number of anilines is 1. The van der Waals surface area contributed by atoms with Gasteiger partial charge in [-0.25, -0.2) is 9.97 Å². The number of aryl methyl sites for hydroxylation is 1. The maximum Gasteiger partial charge on any atom is 0.225 e. The summed E-state index contributed by atoms with van der Waals surface area (Å²) in [6.07, 6.45) is 7.99. The molecule has 32 heavy (non-hydrogen) atoms. The van der Waals surface area contributed by atoms with Gasteiger partial charge >= 0.3 is 0 Å². The van der Waals surface area contributed by atoms with Crippen LogP contribution in [0.4, 0.5) is 5.95 Å². The third kappa shape index (κ3) is 4.66. The van der Waals surface area contributed by atoms with E-state index >= 15 is 0 Å². The summed E-state index contributed by atoms with van der Waals surface area (Å²) in [5.41, 5.74) is 4.17. The molecule has 3 aromatic rings. The van der Waals surface area contributed by atoms with E-state index in [-0.39, 0.29) is 0 Å². The summed E-state index contributed by atoms with van der Waals surface area (Å²) in [5.74, 6) is 1.92. The van der Waals surface area contributed by atoms with Gasteiger partial charge in [-0.1, -0.05) is 11.2 Å². The molecule has 2 aliphatic rings. The average molecular weight is 434 g/mol. The second-order valence-electron chi connectivity index (χ2n) is 9.03. The predicted molar refractivity (Wildman–Crippen MR) is 123 cm³/mol. The molecule has 8 nitrogen and oxygen atoms in total. The van der Waals surface area contributed by atoms with Crippen molar-refractivity contribution in [2.24, 2.45) is 0 Å². The number of aromatic nitrogens is 4. The van der Waals surface area contributed by atoms with Gasteiger partial charge in [0.05, 0.1) is 17.0 Å². The molecule has 0 spiro atoms. The Hall–Kier alpha value is -2.84. The fourth-order valence-electron chi connectivity index (χ4n) is 4.71. The molecule has 0 N–H and O–H groups in total. The van der Waals surface area contributed by atoms with E-state index in [4.69, 9.17) is 14.5 Å². The topological polar surface area (TPSA) is 74.4 Å². The number of likely N-dealkylation sites (N-methyl/N-ethyl adjacent to an activating group) is 1. The first kappa shape index (κ1) is 21.0. The lowest BCUT2D eigenvalue weighted by molar-refractivity contribution is 0.198. The third-order valence-electron chi connectivity index (χ3n) is 6.51. The lowest BCUT2D eigenvalue weighted by atomic mass is 9.91. The molecular formula is C24H31N7O. The van der Waals surface area contributed by atoms with Gasteiger partial charge < -0.3 is 14.3 Å². The standard InChI is InChI=1S/C24H31N7O/c1-18-13-22(32-28-18)21-15-26-24(31-11-9-29(2)10-12-31)27-23(21)20-6-4-8-30(17-20)16-19-5-3-7-25-14-19/h3,5,7,13-15,20H,4,6,8-12,16-17H2,1-2H3. The maximum atomic E-state index is 5.63. The van der Waals surface area contributed by atoms with E-state index in [1.807, 2.05) is 37.6 Å². The summed E-state index contributed by atoms with van der Waals surface area (Å²) in [5, 5.41) is 4.11. The fourth-order valence-corrected chi connectivity index (χ4v) is 4.71. The number of rotatable bonds is 5. The molecule has 2 fully saturated rings. The van der Waals surface area contributed by atoms with Crippen molar-refractivity contribution in [2.75, 3.05) is 51.2 Å². The van der Waals surface area contributed by atoms with E-state index in [0.29, 0.717) is 5.92 Å². The van der Waals surface area contributed by atoms with Crippen molar-refractivity contribution in [3.05, 3.63) is 53.7 Å². The Morgan fingerprint density at radius 2 is 2.00 bits per heavy atom. The summed E-state index contributed by atoms with van der Waals surface area (Å²) in [6, 6.07) is 6.14. The monoisotopic (exact) mass is 433 g/mol. The first-order valence-electron chi connectivity index (χ1n) is 11.5. The lowest BCUT2D eigenvalue weighted by Gasteiger charge is -2.35. The molecule has 1 unspecified atom stereocenters. The highest BCUT2D eigenvalue weighted by atomic mass is 16.5. The minimum absolute atomic E-state index is 0.329. The molecule has 0 aliphatic carbocycles. The van der Waals surface area contributed by atoms with Crippen LogP contribution in [-0.2, 0) is 6.54 Å². The Kier molecular flexibility index (Phi) is 6.14. The zero-order chi connectivity index (χ0) is 21.9. The fraction of sp³-hybridized carbons (Fsp3) is 0.500. The van der Waals surface area contributed by atoms with Crippen molar-refractivity contribution in [3.63, 3.8) is 0 Å². The Morgan fingerprint density at radius 1 is 1.12 bits per heavy atom. The van der Waals surface area contributed by atoms with Crippen LogP contribution in [0.3, 0.4) is 0 Å². The van der Waals surface area contributed by atoms with Crippen LogP contribution in [-0.4, -0.2) is 76.2 Å². The molecule has 0 saturated carbocycles. The number of piperazine rings is 1. The maximum absolute atomic E-state index is 5.63. The highest BCUT2D eigenvalue weighted by Crippen LogP contribution is 2.34. The number of pyridine rings is 1. The van der Waals surface area contributed by atoms with Gasteiger partial charge in [0.2, 0.25) is 5.95 Å². The Labute approximate surface area is 189 Å². The van der Waals surface area contributed by atoms with Crippen molar-refractivity contribution in [3.8, 4) is 11.3 Å². The molecule has 1 atom stereocenters. The molecule has 2 aliphatic heterocycles. The molecule has 0 amide bonds.